The fourth-order valence-corrected chi connectivity index (χ4v) is 1.93. The van der Waals surface area contributed by atoms with E-state index in [4.69, 9.17) is 4.74 Å². The predicted octanol–water partition coefficient (Wildman–Crippen LogP) is 1.82. The van der Waals surface area contributed by atoms with Crippen LogP contribution in [0.1, 0.15) is 5.56 Å². The van der Waals surface area contributed by atoms with Gasteiger partial charge in [-0.05, 0) is 18.2 Å². The quantitative estimate of drug-likeness (QED) is 0.783. The molecule has 5 nitrogen and oxygen atoms in total. The Morgan fingerprint density at radius 1 is 1.37 bits per heavy atom. The number of nitrogens with one attached hydrogen (secondary N) is 2. The van der Waals surface area contributed by atoms with Gasteiger partial charge in [0.05, 0.1) is 7.11 Å². The van der Waals surface area contributed by atoms with Gasteiger partial charge in [0.1, 0.15) is 5.75 Å². The highest BCUT2D eigenvalue weighted by Gasteiger charge is 2.04. The molecule has 0 bridgehead atoms. The largest absolute Gasteiger partial charge is 0.496 e. The molecule has 0 fully saturated rings. The van der Waals surface area contributed by atoms with E-state index in [1.54, 1.807) is 21.2 Å². The van der Waals surface area contributed by atoms with Crippen molar-refractivity contribution in [2.24, 2.45) is 0 Å². The Hall–Kier alpha value is -1.27. The molecular weight excluding hydrogens is 310 g/mol. The number of halogens is 1. The van der Waals surface area contributed by atoms with Crippen LogP contribution in [0.15, 0.2) is 22.7 Å². The molecular formula is C13H20BrN3O2. The summed E-state index contributed by atoms with van der Waals surface area (Å²) >= 11 is 3.44. The van der Waals surface area contributed by atoms with Crippen LogP contribution in [0.3, 0.4) is 0 Å². The summed E-state index contributed by atoms with van der Waals surface area (Å²) in [5.41, 5.74) is 1.08. The van der Waals surface area contributed by atoms with Gasteiger partial charge in [0.25, 0.3) is 0 Å². The molecule has 0 aromatic heterocycles. The van der Waals surface area contributed by atoms with Gasteiger partial charge in [0, 0.05) is 43.8 Å². The first kappa shape index (κ1) is 15.8. The lowest BCUT2D eigenvalue weighted by atomic mass is 10.2. The predicted molar refractivity (Wildman–Crippen MR) is 79.5 cm³/mol. The van der Waals surface area contributed by atoms with Crippen LogP contribution in [0.2, 0.25) is 0 Å². The van der Waals surface area contributed by atoms with Crippen molar-refractivity contribution in [2.75, 3.05) is 34.3 Å². The summed E-state index contributed by atoms with van der Waals surface area (Å²) in [6.45, 7) is 1.99. The van der Waals surface area contributed by atoms with Crippen LogP contribution in [-0.4, -0.2) is 45.2 Å². The molecule has 19 heavy (non-hydrogen) atoms. The highest BCUT2D eigenvalue weighted by atomic mass is 79.9. The van der Waals surface area contributed by atoms with Crippen LogP contribution in [0, 0.1) is 0 Å². The summed E-state index contributed by atoms with van der Waals surface area (Å²) < 4.78 is 6.31. The van der Waals surface area contributed by atoms with Crippen molar-refractivity contribution < 1.29 is 9.53 Å². The molecule has 1 aromatic carbocycles. The van der Waals surface area contributed by atoms with Crippen LogP contribution in [0.5, 0.6) is 5.75 Å². The standard InChI is InChI=1S/C13H20BrN3O2/c1-17(2)13(18)16-7-6-15-9-10-8-11(14)4-5-12(10)19-3/h4-5,8,15H,6-7,9H2,1-3H3,(H,16,18). The summed E-state index contributed by atoms with van der Waals surface area (Å²) in [6.07, 6.45) is 0. The summed E-state index contributed by atoms with van der Waals surface area (Å²) in [6, 6.07) is 5.81. The van der Waals surface area contributed by atoms with Crippen molar-refractivity contribution in [1.82, 2.24) is 15.5 Å². The molecule has 0 atom stereocenters. The molecule has 2 N–H and O–H groups in total. The lowest BCUT2D eigenvalue weighted by Gasteiger charge is -2.13. The fraction of sp³-hybridized carbons (Fsp3) is 0.462. The summed E-state index contributed by atoms with van der Waals surface area (Å²) in [5.74, 6) is 0.855. The van der Waals surface area contributed by atoms with Gasteiger partial charge < -0.3 is 20.3 Å². The van der Waals surface area contributed by atoms with E-state index in [-0.39, 0.29) is 6.03 Å². The van der Waals surface area contributed by atoms with Crippen LogP contribution in [0.25, 0.3) is 0 Å². The summed E-state index contributed by atoms with van der Waals surface area (Å²) in [5, 5.41) is 6.06. The van der Waals surface area contributed by atoms with Crippen LogP contribution >= 0.6 is 15.9 Å². The number of ether oxygens (including phenoxy) is 1. The van der Waals surface area contributed by atoms with E-state index in [9.17, 15) is 4.79 Å². The van der Waals surface area contributed by atoms with E-state index in [0.29, 0.717) is 19.6 Å². The van der Waals surface area contributed by atoms with Gasteiger partial charge in [-0.3, -0.25) is 0 Å². The maximum atomic E-state index is 11.3. The highest BCUT2D eigenvalue weighted by Crippen LogP contribution is 2.22. The van der Waals surface area contributed by atoms with E-state index in [0.717, 1.165) is 15.8 Å². The lowest BCUT2D eigenvalue weighted by molar-refractivity contribution is 0.217. The van der Waals surface area contributed by atoms with E-state index in [2.05, 4.69) is 26.6 Å². The Bertz CT molecular complexity index is 424. The van der Waals surface area contributed by atoms with Gasteiger partial charge in [-0.2, -0.15) is 0 Å². The molecule has 1 aromatic rings. The molecule has 0 saturated carbocycles. The second-order valence-corrected chi connectivity index (χ2v) is 5.17. The van der Waals surface area contributed by atoms with Crippen molar-refractivity contribution >= 4 is 22.0 Å². The zero-order valence-corrected chi connectivity index (χ0v) is 13.1. The number of carbonyl (C=O) groups excluding carboxylic acids is 1. The number of methoxy groups -OCH3 is 1. The van der Waals surface area contributed by atoms with E-state index < -0.39 is 0 Å². The second kappa shape index (κ2) is 8.01. The molecule has 0 unspecified atom stereocenters. The minimum Gasteiger partial charge on any atom is -0.496 e. The number of carbonyl (C=O) groups is 1. The first-order chi connectivity index (χ1) is 9.04. The smallest absolute Gasteiger partial charge is 0.316 e. The maximum absolute atomic E-state index is 11.3. The number of amides is 2. The maximum Gasteiger partial charge on any atom is 0.316 e. The van der Waals surface area contributed by atoms with Crippen molar-refractivity contribution in [2.45, 2.75) is 6.54 Å². The summed E-state index contributed by atoms with van der Waals surface area (Å²) in [4.78, 5) is 12.8. The zero-order chi connectivity index (χ0) is 14.3. The first-order valence-corrected chi connectivity index (χ1v) is 6.82. The van der Waals surface area contributed by atoms with Crippen LogP contribution < -0.4 is 15.4 Å². The topological polar surface area (TPSA) is 53.6 Å². The van der Waals surface area contributed by atoms with Gasteiger partial charge in [-0.15, -0.1) is 0 Å². The molecule has 6 heteroatoms. The highest BCUT2D eigenvalue weighted by molar-refractivity contribution is 9.10. The van der Waals surface area contributed by atoms with Gasteiger partial charge in [-0.25, -0.2) is 4.79 Å². The number of hydrogen-bond acceptors (Lipinski definition) is 3. The van der Waals surface area contributed by atoms with Crippen molar-refractivity contribution in [1.29, 1.82) is 0 Å². The van der Waals surface area contributed by atoms with Gasteiger partial charge >= 0.3 is 6.03 Å². The van der Waals surface area contributed by atoms with Gasteiger partial charge in [0.2, 0.25) is 0 Å². The number of hydrogen-bond donors (Lipinski definition) is 2. The molecule has 0 aliphatic carbocycles. The van der Waals surface area contributed by atoms with Gasteiger partial charge in [0.15, 0.2) is 0 Å². The average Bonchev–Trinajstić information content (AvgIpc) is 2.38. The van der Waals surface area contributed by atoms with Crippen molar-refractivity contribution in [3.05, 3.63) is 28.2 Å². The third-order valence-corrected chi connectivity index (χ3v) is 3.04. The average molecular weight is 330 g/mol. The number of rotatable bonds is 6. The zero-order valence-electron chi connectivity index (χ0n) is 11.5. The second-order valence-electron chi connectivity index (χ2n) is 4.26. The molecule has 106 valence electrons. The fourth-order valence-electron chi connectivity index (χ4n) is 1.52. The van der Waals surface area contributed by atoms with Crippen molar-refractivity contribution in [3.63, 3.8) is 0 Å². The molecule has 0 radical (unpaired) electrons. The Kier molecular flexibility index (Phi) is 6.66. The first-order valence-electron chi connectivity index (χ1n) is 6.03. The Labute approximate surface area is 122 Å². The van der Waals surface area contributed by atoms with Gasteiger partial charge in [-0.1, -0.05) is 15.9 Å². The number of urea groups is 1. The Balaban J connectivity index is 2.33. The number of nitrogens with zero attached hydrogens (tertiary/aromatic N) is 1. The molecule has 0 spiro atoms. The third kappa shape index (κ3) is 5.48. The molecule has 1 rings (SSSR count). The van der Waals surface area contributed by atoms with E-state index in [1.165, 1.54) is 4.90 Å². The molecule has 2 amide bonds. The van der Waals surface area contributed by atoms with E-state index >= 15 is 0 Å². The third-order valence-electron chi connectivity index (χ3n) is 2.54. The normalized spacial score (nSPS) is 10.1. The minimum absolute atomic E-state index is 0.0816. The molecule has 0 aliphatic heterocycles. The molecule has 0 aliphatic rings. The number of benzene rings is 1. The minimum atomic E-state index is -0.0816. The molecule has 0 saturated heterocycles. The monoisotopic (exact) mass is 329 g/mol. The SMILES string of the molecule is COc1ccc(Br)cc1CNCCNC(=O)N(C)C. The molecule has 0 heterocycles. The Morgan fingerprint density at radius 3 is 2.74 bits per heavy atom. The van der Waals surface area contributed by atoms with Crippen LogP contribution in [-0.2, 0) is 6.54 Å². The lowest BCUT2D eigenvalue weighted by Crippen LogP contribution is -2.38. The van der Waals surface area contributed by atoms with Crippen molar-refractivity contribution in [3.8, 4) is 5.75 Å². The van der Waals surface area contributed by atoms with Crippen LogP contribution in [0.4, 0.5) is 4.79 Å². The van der Waals surface area contributed by atoms with E-state index in [1.807, 2.05) is 18.2 Å². The Morgan fingerprint density at radius 2 is 2.11 bits per heavy atom. The summed E-state index contributed by atoms with van der Waals surface area (Å²) in [7, 11) is 5.09.